The molecular formula is C115H79N9. The highest BCUT2D eigenvalue weighted by Gasteiger charge is 2.28. The van der Waals surface area contributed by atoms with Crippen molar-refractivity contribution in [1.29, 1.82) is 0 Å². The van der Waals surface area contributed by atoms with Gasteiger partial charge in [0.05, 0.1) is 44.8 Å². The zero-order valence-corrected chi connectivity index (χ0v) is 67.6. The molecule has 584 valence electrons. The average Bonchev–Trinajstić information content (AvgIpc) is 1.56. The summed E-state index contributed by atoms with van der Waals surface area (Å²) >= 11 is 0. The summed E-state index contributed by atoms with van der Waals surface area (Å²) in [6.45, 7) is 0. The molecule has 0 aliphatic rings. The van der Waals surface area contributed by atoms with E-state index in [9.17, 15) is 0 Å². The van der Waals surface area contributed by atoms with Crippen LogP contribution in [-0.2, 0) is 0 Å². The largest absolute Gasteiger partial charge is 0.310 e. The van der Waals surface area contributed by atoms with Gasteiger partial charge in [-0.05, 0) is 160 Å². The summed E-state index contributed by atoms with van der Waals surface area (Å²) in [7, 11) is 0. The number of rotatable bonds is 18. The molecule has 0 aliphatic heterocycles. The lowest BCUT2D eigenvalue weighted by Crippen LogP contribution is -2.11. The molecule has 18 aromatic carbocycles. The number of benzene rings is 18. The van der Waals surface area contributed by atoms with Gasteiger partial charge in [0.15, 0.2) is 23.3 Å². The summed E-state index contributed by atoms with van der Waals surface area (Å²) < 4.78 is 4.75. The predicted octanol–water partition coefficient (Wildman–Crippen LogP) is 30.2. The Balaban J connectivity index is 0.000000152. The van der Waals surface area contributed by atoms with E-state index in [-0.39, 0.29) is 0 Å². The lowest BCUT2D eigenvalue weighted by Gasteiger charge is -2.27. The molecule has 4 heterocycles. The number of hydrogen-bond donors (Lipinski definition) is 0. The molecule has 0 bridgehead atoms. The zero-order valence-electron chi connectivity index (χ0n) is 67.6. The minimum Gasteiger partial charge on any atom is -0.310 e. The van der Waals surface area contributed by atoms with E-state index in [1.165, 1.54) is 22.3 Å². The quantitative estimate of drug-likeness (QED) is 0.0847. The van der Waals surface area contributed by atoms with E-state index in [0.717, 1.165) is 156 Å². The van der Waals surface area contributed by atoms with Gasteiger partial charge in [0.1, 0.15) is 0 Å². The van der Waals surface area contributed by atoms with Crippen molar-refractivity contribution in [3.8, 4) is 124 Å². The summed E-state index contributed by atoms with van der Waals surface area (Å²) in [4.78, 5) is 31.0. The van der Waals surface area contributed by atoms with E-state index >= 15 is 0 Å². The standard InChI is InChI=1S/C58H40N4.C57H39N5/c1-6-18-41(19-7-1)43-30-34-49(35-31-43)61(50-36-32-44(33-37-50)42-20-8-2-9-21-42)55-38-47(39-56-57(55)51-28-16-17-29-54(51)62(56)48-26-14-5-15-27-48)58-59-52(45-22-10-3-11-23-45)40-53(60-58)46-24-12-4-13-25-46;1-6-18-40(19-7-1)42-30-34-48(35-31-42)61(49-36-32-43(33-37-49)41-20-8-2-9-21-41)52-38-46(39-53-54(52)50-28-16-17-29-51(50)62(53)47-26-14-5-15-27-47)57-59-55(44-22-10-3-11-23-44)58-56(60-57)45-24-12-4-13-25-45/h1-40H;1-39H. The van der Waals surface area contributed by atoms with Crippen molar-refractivity contribution in [1.82, 2.24) is 34.1 Å². The first-order valence-corrected chi connectivity index (χ1v) is 41.9. The Hall–Kier alpha value is -16.8. The van der Waals surface area contributed by atoms with Gasteiger partial charge in [-0.15, -0.1) is 0 Å². The van der Waals surface area contributed by atoms with Crippen molar-refractivity contribution in [3.05, 3.63) is 479 Å². The van der Waals surface area contributed by atoms with Crippen molar-refractivity contribution in [2.45, 2.75) is 0 Å². The fourth-order valence-electron chi connectivity index (χ4n) is 17.1. The molecule has 9 nitrogen and oxygen atoms in total. The molecule has 0 radical (unpaired) electrons. The van der Waals surface area contributed by atoms with Crippen LogP contribution in [0.5, 0.6) is 0 Å². The molecule has 0 atom stereocenters. The van der Waals surface area contributed by atoms with Crippen molar-refractivity contribution >= 4 is 77.7 Å². The number of para-hydroxylation sites is 4. The van der Waals surface area contributed by atoms with Gasteiger partial charge in [0, 0.05) is 89.0 Å². The Morgan fingerprint density at radius 3 is 0.677 bits per heavy atom. The summed E-state index contributed by atoms with van der Waals surface area (Å²) in [5.74, 6) is 2.47. The summed E-state index contributed by atoms with van der Waals surface area (Å²) in [6.07, 6.45) is 0. The number of anilines is 6. The van der Waals surface area contributed by atoms with Gasteiger partial charge >= 0.3 is 0 Å². The summed E-state index contributed by atoms with van der Waals surface area (Å²) in [5, 5.41) is 4.55. The van der Waals surface area contributed by atoms with Crippen molar-refractivity contribution in [3.63, 3.8) is 0 Å². The predicted molar refractivity (Wildman–Crippen MR) is 514 cm³/mol. The molecule has 0 saturated carbocycles. The van der Waals surface area contributed by atoms with Crippen LogP contribution in [0.1, 0.15) is 0 Å². The first-order chi connectivity index (χ1) is 61.5. The van der Waals surface area contributed by atoms with Crippen molar-refractivity contribution in [2.75, 3.05) is 9.80 Å². The van der Waals surface area contributed by atoms with E-state index in [1.54, 1.807) is 0 Å². The summed E-state index contributed by atoms with van der Waals surface area (Å²) in [5.41, 5.74) is 29.4. The Bertz CT molecular complexity index is 6760. The van der Waals surface area contributed by atoms with Gasteiger partial charge in [-0.1, -0.05) is 364 Å². The third-order valence-electron chi connectivity index (χ3n) is 23.0. The van der Waals surface area contributed by atoms with Gasteiger partial charge in [0.2, 0.25) is 0 Å². The second-order valence-electron chi connectivity index (χ2n) is 30.7. The van der Waals surface area contributed by atoms with Crippen LogP contribution in [0.2, 0.25) is 0 Å². The molecule has 0 N–H and O–H groups in total. The fourth-order valence-corrected chi connectivity index (χ4v) is 17.1. The molecule has 0 saturated heterocycles. The normalized spacial score (nSPS) is 11.2. The molecule has 4 aromatic heterocycles. The Morgan fingerprint density at radius 1 is 0.161 bits per heavy atom. The van der Waals surface area contributed by atoms with Crippen molar-refractivity contribution in [2.24, 2.45) is 0 Å². The smallest absolute Gasteiger partial charge is 0.164 e. The van der Waals surface area contributed by atoms with E-state index in [4.69, 9.17) is 24.9 Å². The van der Waals surface area contributed by atoms with Crippen LogP contribution < -0.4 is 9.80 Å². The maximum atomic E-state index is 5.36. The van der Waals surface area contributed by atoms with Crippen LogP contribution in [0.4, 0.5) is 34.1 Å². The second-order valence-corrected chi connectivity index (χ2v) is 30.7. The molecule has 0 amide bonds. The summed E-state index contributed by atoms with van der Waals surface area (Å²) in [6, 6.07) is 169. The molecule has 0 spiro atoms. The van der Waals surface area contributed by atoms with E-state index < -0.39 is 0 Å². The Labute approximate surface area is 720 Å². The van der Waals surface area contributed by atoms with Crippen molar-refractivity contribution < 1.29 is 0 Å². The zero-order chi connectivity index (χ0) is 82.5. The lowest BCUT2D eigenvalue weighted by molar-refractivity contribution is 1.07. The van der Waals surface area contributed by atoms with Crippen LogP contribution >= 0.6 is 0 Å². The topological polar surface area (TPSA) is 80.8 Å². The van der Waals surface area contributed by atoms with E-state index in [1.807, 2.05) is 48.5 Å². The molecule has 0 fully saturated rings. The molecule has 124 heavy (non-hydrogen) atoms. The van der Waals surface area contributed by atoms with Gasteiger partial charge in [-0.3, -0.25) is 0 Å². The molecule has 0 unspecified atom stereocenters. The van der Waals surface area contributed by atoms with Gasteiger partial charge in [0.25, 0.3) is 0 Å². The Morgan fingerprint density at radius 2 is 0.387 bits per heavy atom. The monoisotopic (exact) mass is 1590 g/mol. The third-order valence-corrected chi connectivity index (χ3v) is 23.0. The number of nitrogens with zero attached hydrogens (tertiary/aromatic N) is 9. The van der Waals surface area contributed by atoms with Crippen LogP contribution in [0.3, 0.4) is 0 Å². The number of fused-ring (bicyclic) bond motifs is 6. The number of aromatic nitrogens is 7. The lowest BCUT2D eigenvalue weighted by atomic mass is 10.0. The first-order valence-electron chi connectivity index (χ1n) is 41.9. The maximum absolute atomic E-state index is 5.36. The fraction of sp³-hybridized carbons (Fsp3) is 0. The molecule has 22 aromatic rings. The number of hydrogen-bond acceptors (Lipinski definition) is 7. The first kappa shape index (κ1) is 74.8. The van der Waals surface area contributed by atoms with E-state index in [2.05, 4.69) is 450 Å². The van der Waals surface area contributed by atoms with Crippen LogP contribution in [0.15, 0.2) is 479 Å². The van der Waals surface area contributed by atoms with Crippen LogP contribution in [0.25, 0.3) is 168 Å². The van der Waals surface area contributed by atoms with E-state index in [0.29, 0.717) is 23.3 Å². The minimum atomic E-state index is 0.588. The maximum Gasteiger partial charge on any atom is 0.164 e. The SMILES string of the molecule is c1ccc(-c2ccc(N(c3ccc(-c4ccccc4)cc3)c3cc(-c4nc(-c5ccccc5)cc(-c5ccccc5)n4)cc4c3c3ccccc3n4-c3ccccc3)cc2)cc1.c1ccc(-c2ccc(N(c3ccc(-c4ccccc4)cc3)c3cc(-c4nc(-c5ccccc5)nc(-c5ccccc5)n4)cc4c3c3ccccc3n4-c3ccccc3)cc2)cc1. The highest BCUT2D eigenvalue weighted by molar-refractivity contribution is 6.19. The molecule has 0 aliphatic carbocycles. The third kappa shape index (κ3) is 14.9. The molecular weight excluding hydrogens is 1510 g/mol. The van der Waals surface area contributed by atoms with Gasteiger partial charge in [-0.25, -0.2) is 24.9 Å². The highest BCUT2D eigenvalue weighted by atomic mass is 15.2. The van der Waals surface area contributed by atoms with Crippen LogP contribution in [0, 0.1) is 0 Å². The average molecular weight is 1590 g/mol. The van der Waals surface area contributed by atoms with Crippen LogP contribution in [-0.4, -0.2) is 34.1 Å². The Kier molecular flexibility index (Phi) is 20.2. The second kappa shape index (κ2) is 33.6. The van der Waals surface area contributed by atoms with Gasteiger partial charge < -0.3 is 18.9 Å². The minimum absolute atomic E-state index is 0.588. The molecule has 9 heteroatoms. The van der Waals surface area contributed by atoms with Gasteiger partial charge in [-0.2, -0.15) is 0 Å². The molecule has 22 rings (SSSR count). The highest BCUT2D eigenvalue weighted by Crippen LogP contribution is 2.50.